The van der Waals surface area contributed by atoms with Crippen LogP contribution in [0.2, 0.25) is 0 Å². The molecule has 3 aromatic carbocycles. The molecule has 5 N–H and O–H groups in total. The Balaban J connectivity index is 0.815. The van der Waals surface area contributed by atoms with Crippen molar-refractivity contribution in [2.45, 2.75) is 119 Å². The van der Waals surface area contributed by atoms with Crippen molar-refractivity contribution in [1.29, 1.82) is 0 Å². The average molecular weight is 1440 g/mol. The minimum absolute atomic E-state index is 0.0146. The van der Waals surface area contributed by atoms with Gasteiger partial charge in [-0.2, -0.15) is 0 Å². The monoisotopic (exact) mass is 1440 g/mol. The first-order valence-corrected chi connectivity index (χ1v) is 35.5. The number of fused-ring (bicyclic) bond motifs is 5. The van der Waals surface area contributed by atoms with Gasteiger partial charge in [0.15, 0.2) is 24.3 Å². The summed E-state index contributed by atoms with van der Waals surface area (Å²) < 4.78 is 86.0. The highest BCUT2D eigenvalue weighted by Crippen LogP contribution is 2.64. The lowest BCUT2D eigenvalue weighted by molar-refractivity contribution is -0.349. The number of esters is 4. The van der Waals surface area contributed by atoms with E-state index >= 15 is 4.79 Å². The molecule has 4 aromatic rings. The van der Waals surface area contributed by atoms with Gasteiger partial charge < -0.3 is 92.1 Å². The van der Waals surface area contributed by atoms with E-state index in [9.17, 15) is 44.4 Å². The molecule has 0 radical (unpaired) electrons. The first-order chi connectivity index (χ1) is 48.2. The second-order valence-corrected chi connectivity index (χ2v) is 27.1. The van der Waals surface area contributed by atoms with Gasteiger partial charge in [-0.1, -0.05) is 97.4 Å². The van der Waals surface area contributed by atoms with Crippen LogP contribution in [-0.4, -0.2) is 240 Å². The van der Waals surface area contributed by atoms with Crippen molar-refractivity contribution in [3.8, 4) is 0 Å². The second-order valence-electron chi connectivity index (χ2n) is 24.7. The van der Waals surface area contributed by atoms with E-state index in [1.807, 2.05) is 18.2 Å². The van der Waals surface area contributed by atoms with Crippen molar-refractivity contribution < 1.29 is 120 Å². The Morgan fingerprint density at radius 3 is 1.75 bits per heavy atom. The Morgan fingerprint density at radius 2 is 1.22 bits per heavy atom. The third kappa shape index (κ3) is 20.9. The number of ether oxygens (including phenoxy) is 15. The number of amides is 1. The zero-order valence-corrected chi connectivity index (χ0v) is 58.5. The lowest BCUT2D eigenvalue weighted by Crippen LogP contribution is -2.82. The summed E-state index contributed by atoms with van der Waals surface area (Å²) in [5.41, 5.74) is -8.02. The molecular formula is C71H92N2O25S2. The predicted octanol–water partition coefficient (Wildman–Crippen LogP) is 5.34. The van der Waals surface area contributed by atoms with E-state index in [0.717, 1.165) is 17.7 Å². The van der Waals surface area contributed by atoms with Gasteiger partial charge in [0.2, 0.25) is 0 Å². The summed E-state index contributed by atoms with van der Waals surface area (Å²) in [4.78, 5) is 89.5. The molecule has 1 aromatic heterocycles. The summed E-state index contributed by atoms with van der Waals surface area (Å²) in [5.74, 6) is -6.40. The Labute approximate surface area is 589 Å². The Bertz CT molecular complexity index is 3250. The molecule has 29 heteroatoms. The number of nitrogens with zero attached hydrogens (tertiary/aromatic N) is 1. The van der Waals surface area contributed by atoms with Gasteiger partial charge in [-0.3, -0.25) is 23.9 Å². The number of pyridine rings is 1. The third-order valence-corrected chi connectivity index (χ3v) is 20.3. The maximum Gasteiger partial charge on any atom is 0.338 e. The van der Waals surface area contributed by atoms with Crippen molar-refractivity contribution in [2.24, 2.45) is 16.7 Å². The summed E-state index contributed by atoms with van der Waals surface area (Å²) in [5, 5.41) is 53.8. The Morgan fingerprint density at radius 1 is 0.690 bits per heavy atom. The van der Waals surface area contributed by atoms with Crippen LogP contribution >= 0.6 is 21.6 Å². The third-order valence-electron chi connectivity index (χ3n) is 18.0. The van der Waals surface area contributed by atoms with Gasteiger partial charge in [-0.25, -0.2) is 14.6 Å². The highest BCUT2D eigenvalue weighted by molar-refractivity contribution is 8.76. The molecule has 3 fully saturated rings. The number of aromatic nitrogens is 1. The second kappa shape index (κ2) is 39.4. The maximum atomic E-state index is 16.1. The van der Waals surface area contributed by atoms with Crippen LogP contribution in [-0.2, 0) is 90.2 Å². The molecule has 4 aliphatic rings. The molecule has 1 aliphatic heterocycles. The fraction of sp³-hybridized carbons (Fsp3) is 0.563. The Hall–Kier alpha value is -6.33. The van der Waals surface area contributed by atoms with Crippen molar-refractivity contribution in [2.75, 3.05) is 125 Å². The molecular weight excluding hydrogens is 1340 g/mol. The first kappa shape index (κ1) is 79.4. The van der Waals surface area contributed by atoms with E-state index in [0.29, 0.717) is 84.8 Å². The molecule has 3 aliphatic carbocycles. The minimum atomic E-state index is -2.54. The molecule has 100 heavy (non-hydrogen) atoms. The minimum Gasteiger partial charge on any atom is -0.456 e. The molecule has 1 saturated heterocycles. The lowest BCUT2D eigenvalue weighted by Gasteiger charge is -2.67. The summed E-state index contributed by atoms with van der Waals surface area (Å²) in [7, 11) is 3.32. The summed E-state index contributed by atoms with van der Waals surface area (Å²) in [6, 6.07) is 28.4. The number of hydrogen-bond acceptors (Lipinski definition) is 28. The largest absolute Gasteiger partial charge is 0.456 e. The predicted molar refractivity (Wildman–Crippen MR) is 359 cm³/mol. The van der Waals surface area contributed by atoms with Crippen LogP contribution in [0.4, 0.5) is 0 Å². The number of carbonyl (C=O) groups is 6. The number of aliphatic hydroxyl groups excluding tert-OH is 3. The summed E-state index contributed by atoms with van der Waals surface area (Å²) >= 11 is 0. The van der Waals surface area contributed by atoms with Gasteiger partial charge in [0.25, 0.3) is 12.4 Å². The average Bonchev–Trinajstić information content (AvgIpc) is 0.670. The van der Waals surface area contributed by atoms with Gasteiger partial charge in [0, 0.05) is 42.7 Å². The fourth-order valence-corrected chi connectivity index (χ4v) is 14.5. The lowest BCUT2D eigenvalue weighted by atomic mass is 9.44. The van der Waals surface area contributed by atoms with Gasteiger partial charge in [-0.15, -0.1) is 0 Å². The highest BCUT2D eigenvalue weighted by Gasteiger charge is 2.78. The van der Waals surface area contributed by atoms with Crippen molar-refractivity contribution in [3.05, 3.63) is 143 Å². The zero-order valence-electron chi connectivity index (χ0n) is 56.8. The summed E-state index contributed by atoms with van der Waals surface area (Å²) in [6.45, 7) is 9.07. The van der Waals surface area contributed by atoms with Crippen LogP contribution < -0.4 is 5.32 Å². The quantitative estimate of drug-likeness (QED) is 0.00932. The number of carbonyl (C=O) groups excluding carboxylic acids is 6. The van der Waals surface area contributed by atoms with E-state index in [1.165, 1.54) is 39.8 Å². The van der Waals surface area contributed by atoms with E-state index in [1.54, 1.807) is 107 Å². The molecule has 2 heterocycles. The van der Waals surface area contributed by atoms with Crippen LogP contribution in [0.25, 0.3) is 0 Å². The standard InChI is InChI=1S/C71H92N2O25S2/c1-47-52(95-66(81)59(77)58(49-17-9-6-10-18-49)73-64(79)50-19-11-7-12-20-50)44-71(83)63(97-65(80)51-21-13-8-14-22-51)61-69(5,53(75)43-54-70(61,45-92-54)98-48(2)74)62(78)60(57(47)68(71,3)4)96-67(82)94-46-93-56(76)24-26-84-27-28-85-29-30-86-31-32-87-33-34-88-35-36-89-37-38-90-39-40-91-41-42-99-100-55-23-15-16-25-72-55/h6-23,25,52-54,58-61,63,67,75,77,82-83H,24,26-46H2,1-5H3,(H,73,79)/t52?,53-,54?,58?,59+,60+,61-,63-,67?,69+,70-,71+/m0/s1. The molecule has 4 unspecified atom stereocenters. The molecule has 548 valence electrons. The number of aliphatic hydroxyl groups is 4. The first-order valence-electron chi connectivity index (χ1n) is 33.2. The highest BCUT2D eigenvalue weighted by atomic mass is 33.1. The van der Waals surface area contributed by atoms with Gasteiger partial charge in [0.1, 0.15) is 35.0 Å². The van der Waals surface area contributed by atoms with Crippen LogP contribution in [0, 0.1) is 16.7 Å². The van der Waals surface area contributed by atoms with Gasteiger partial charge in [0.05, 0.1) is 148 Å². The SMILES string of the molecule is CC(=O)O[C@@]12COC1C[C@H](O)[C@@]1(C)C(=O)[C@H](OC(O)OCOC(=O)CCOCCOCCOCCOCCOCCOCCOCCOCCSSc3ccccn3)C3=C(C)C(OC(=O)[C@H](O)C(NC(=O)c4ccccc4)c4ccccc4)C[C@@](O)([C@@H](OC(=O)c4ccccc4)[C@@H]12)C3(C)C. The number of hydrogen-bond donors (Lipinski definition) is 5. The molecule has 27 nitrogen and oxygen atoms in total. The molecule has 0 spiro atoms. The van der Waals surface area contributed by atoms with Gasteiger partial charge in [-0.05, 0) is 77.7 Å². The number of nitrogens with one attached hydrogen (secondary N) is 1. The summed E-state index contributed by atoms with van der Waals surface area (Å²) in [6.07, 6.45) is -9.98. The molecule has 2 saturated carbocycles. The van der Waals surface area contributed by atoms with Crippen LogP contribution in [0.15, 0.2) is 132 Å². The topological polar surface area (TPSA) is 347 Å². The van der Waals surface area contributed by atoms with E-state index < -0.39 is 132 Å². The van der Waals surface area contributed by atoms with Crippen molar-refractivity contribution >= 4 is 57.2 Å². The van der Waals surface area contributed by atoms with E-state index in [-0.39, 0.29) is 61.5 Å². The number of benzene rings is 3. The molecule has 1 amide bonds. The van der Waals surface area contributed by atoms with E-state index in [4.69, 9.17) is 71.1 Å². The van der Waals surface area contributed by atoms with Crippen LogP contribution in [0.3, 0.4) is 0 Å². The van der Waals surface area contributed by atoms with Crippen molar-refractivity contribution in [1.82, 2.24) is 10.3 Å². The van der Waals surface area contributed by atoms with Gasteiger partial charge >= 0.3 is 23.9 Å². The molecule has 8 rings (SSSR count). The number of Topliss-reactive ketones (excluding diaryl/α,β-unsaturated/α-hetero) is 1. The smallest absolute Gasteiger partial charge is 0.338 e. The number of ketones is 1. The zero-order chi connectivity index (χ0) is 71.6. The van der Waals surface area contributed by atoms with Crippen molar-refractivity contribution in [3.63, 3.8) is 0 Å². The maximum absolute atomic E-state index is 16.1. The Kier molecular flexibility index (Phi) is 31.2. The number of rotatable bonds is 43. The van der Waals surface area contributed by atoms with Crippen LogP contribution in [0.1, 0.15) is 86.2 Å². The fourth-order valence-electron chi connectivity index (χ4n) is 12.8. The normalized spacial score (nSPS) is 24.6. The molecule has 12 atom stereocenters. The molecule has 2 bridgehead atoms. The van der Waals surface area contributed by atoms with E-state index in [2.05, 4.69) is 10.3 Å². The van der Waals surface area contributed by atoms with Crippen LogP contribution in [0.5, 0.6) is 0 Å².